The van der Waals surface area contributed by atoms with Gasteiger partial charge in [-0.3, -0.25) is 0 Å². The number of carboxylic acids is 1. The van der Waals surface area contributed by atoms with Crippen LogP contribution in [0.1, 0.15) is 10.5 Å². The molecular weight excluding hydrogens is 270 g/mol. The van der Waals surface area contributed by atoms with Gasteiger partial charge < -0.3 is 10.4 Å². The van der Waals surface area contributed by atoms with Crippen molar-refractivity contribution in [1.82, 2.24) is 9.97 Å². The van der Waals surface area contributed by atoms with Gasteiger partial charge in [0.1, 0.15) is 5.00 Å². The topological polar surface area (TPSA) is 75.1 Å². The van der Waals surface area contributed by atoms with Crippen LogP contribution in [-0.2, 0) is 0 Å². The lowest BCUT2D eigenvalue weighted by Gasteiger charge is -2.04. The van der Waals surface area contributed by atoms with Crippen LogP contribution in [0.2, 0.25) is 0 Å². The molecule has 0 fully saturated rings. The fourth-order valence-corrected chi connectivity index (χ4v) is 2.96. The van der Waals surface area contributed by atoms with E-state index in [1.54, 1.807) is 16.8 Å². The van der Waals surface area contributed by atoms with E-state index in [2.05, 4.69) is 15.3 Å². The number of nitrogens with one attached hydrogen (secondary N) is 1. The summed E-state index contributed by atoms with van der Waals surface area (Å²) < 4.78 is 1.06. The lowest BCUT2D eigenvalue weighted by molar-refractivity contribution is 0.0692. The average molecular weight is 277 g/mol. The highest BCUT2D eigenvalue weighted by atomic mass is 32.1. The maximum Gasteiger partial charge on any atom is 0.357 e. The molecule has 0 radical (unpaired) electrons. The molecule has 18 heavy (non-hydrogen) atoms. The van der Waals surface area contributed by atoms with Crippen molar-refractivity contribution in [2.24, 2.45) is 0 Å². The predicted molar refractivity (Wildman–Crippen MR) is 72.0 cm³/mol. The fourth-order valence-electron chi connectivity index (χ4n) is 1.55. The lowest BCUT2D eigenvalue weighted by Crippen LogP contribution is -2.00. The Morgan fingerprint density at radius 3 is 2.89 bits per heavy atom. The van der Waals surface area contributed by atoms with Gasteiger partial charge in [0.15, 0.2) is 5.69 Å². The van der Waals surface area contributed by atoms with Crippen molar-refractivity contribution in [2.45, 2.75) is 0 Å². The Balaban J connectivity index is 1.95. The molecule has 3 rings (SSSR count). The number of aromatic nitrogens is 2. The minimum atomic E-state index is -1.03. The molecule has 0 unspecified atom stereocenters. The van der Waals surface area contributed by atoms with Crippen molar-refractivity contribution >= 4 is 49.5 Å². The summed E-state index contributed by atoms with van der Waals surface area (Å²) >= 11 is 2.81. The molecule has 2 aromatic heterocycles. The Labute approximate surface area is 110 Å². The van der Waals surface area contributed by atoms with Crippen LogP contribution in [-0.4, -0.2) is 21.0 Å². The van der Waals surface area contributed by atoms with Crippen molar-refractivity contribution in [1.29, 1.82) is 0 Å². The van der Waals surface area contributed by atoms with E-state index in [-0.39, 0.29) is 5.69 Å². The van der Waals surface area contributed by atoms with Crippen LogP contribution < -0.4 is 5.32 Å². The molecule has 0 aliphatic rings. The number of rotatable bonds is 3. The van der Waals surface area contributed by atoms with Crippen LogP contribution in [0, 0.1) is 0 Å². The molecule has 0 amide bonds. The summed E-state index contributed by atoms with van der Waals surface area (Å²) in [6.07, 6.45) is 0. The second-order valence-corrected chi connectivity index (χ2v) is 5.24. The fraction of sp³-hybridized carbons (Fsp3) is 0. The molecule has 2 N–H and O–H groups in total. The molecule has 0 atom stereocenters. The van der Waals surface area contributed by atoms with Crippen LogP contribution in [0.15, 0.2) is 29.2 Å². The normalized spacial score (nSPS) is 10.7. The minimum Gasteiger partial charge on any atom is -0.476 e. The smallest absolute Gasteiger partial charge is 0.357 e. The molecule has 3 aromatic rings. The van der Waals surface area contributed by atoms with Crippen LogP contribution in [0.3, 0.4) is 0 Å². The molecule has 90 valence electrons. The standard InChI is InChI=1S/C11H7N3O2S2/c15-11(16)9-10(18-5-13-9)14-6-1-2-7-8(3-6)17-4-12-7/h1-5,14H,(H,15,16). The number of hydrogen-bond donors (Lipinski definition) is 2. The van der Waals surface area contributed by atoms with E-state index in [1.807, 2.05) is 18.2 Å². The third kappa shape index (κ3) is 1.93. The van der Waals surface area contributed by atoms with E-state index in [4.69, 9.17) is 5.11 Å². The first kappa shape index (κ1) is 11.1. The van der Waals surface area contributed by atoms with Gasteiger partial charge in [0.05, 0.1) is 21.2 Å². The summed E-state index contributed by atoms with van der Waals surface area (Å²) in [4.78, 5) is 18.9. The van der Waals surface area contributed by atoms with Crippen molar-refractivity contribution in [2.75, 3.05) is 5.32 Å². The molecule has 7 heteroatoms. The van der Waals surface area contributed by atoms with E-state index < -0.39 is 5.97 Å². The highest BCUT2D eigenvalue weighted by Crippen LogP contribution is 2.28. The van der Waals surface area contributed by atoms with E-state index in [0.29, 0.717) is 5.00 Å². The third-order valence-electron chi connectivity index (χ3n) is 2.36. The monoisotopic (exact) mass is 277 g/mol. The van der Waals surface area contributed by atoms with E-state index >= 15 is 0 Å². The summed E-state index contributed by atoms with van der Waals surface area (Å²) in [5, 5.41) is 12.6. The molecule has 0 bridgehead atoms. The van der Waals surface area contributed by atoms with Crippen molar-refractivity contribution in [3.63, 3.8) is 0 Å². The number of carbonyl (C=O) groups is 1. The van der Waals surface area contributed by atoms with Gasteiger partial charge in [-0.15, -0.1) is 22.7 Å². The average Bonchev–Trinajstić information content (AvgIpc) is 2.96. The summed E-state index contributed by atoms with van der Waals surface area (Å²) in [6, 6.07) is 5.71. The van der Waals surface area contributed by atoms with Crippen LogP contribution >= 0.6 is 22.7 Å². The van der Waals surface area contributed by atoms with Crippen LogP contribution in [0.5, 0.6) is 0 Å². The second-order valence-electron chi connectivity index (χ2n) is 3.50. The molecule has 5 nitrogen and oxygen atoms in total. The molecule has 0 spiro atoms. The highest BCUT2D eigenvalue weighted by Gasteiger charge is 2.13. The Morgan fingerprint density at radius 2 is 2.06 bits per heavy atom. The molecular formula is C11H7N3O2S2. The van der Waals surface area contributed by atoms with Crippen LogP contribution in [0.4, 0.5) is 10.7 Å². The van der Waals surface area contributed by atoms with Crippen molar-refractivity contribution in [3.05, 3.63) is 34.9 Å². The highest BCUT2D eigenvalue weighted by molar-refractivity contribution is 7.16. The predicted octanol–water partition coefficient (Wildman–Crippen LogP) is 3.19. The zero-order chi connectivity index (χ0) is 12.5. The number of thiazole rings is 2. The molecule has 0 aliphatic heterocycles. The largest absolute Gasteiger partial charge is 0.476 e. The summed E-state index contributed by atoms with van der Waals surface area (Å²) in [5.74, 6) is -1.03. The first-order chi connectivity index (χ1) is 8.74. The van der Waals surface area contributed by atoms with E-state index in [0.717, 1.165) is 15.9 Å². The summed E-state index contributed by atoms with van der Waals surface area (Å²) in [6.45, 7) is 0. The summed E-state index contributed by atoms with van der Waals surface area (Å²) in [5.41, 5.74) is 5.11. The number of hydrogen-bond acceptors (Lipinski definition) is 6. The molecule has 0 aliphatic carbocycles. The molecule has 0 saturated carbocycles. The quantitative estimate of drug-likeness (QED) is 0.769. The van der Waals surface area contributed by atoms with Gasteiger partial charge in [-0.1, -0.05) is 0 Å². The van der Waals surface area contributed by atoms with Gasteiger partial charge >= 0.3 is 5.97 Å². The number of benzene rings is 1. The first-order valence-electron chi connectivity index (χ1n) is 5.01. The first-order valence-corrected chi connectivity index (χ1v) is 6.77. The van der Waals surface area contributed by atoms with Gasteiger partial charge in [-0.25, -0.2) is 14.8 Å². The minimum absolute atomic E-state index is 0.0457. The van der Waals surface area contributed by atoms with Gasteiger partial charge in [0, 0.05) is 5.69 Å². The van der Waals surface area contributed by atoms with Gasteiger partial charge in [0.2, 0.25) is 0 Å². The third-order valence-corrected chi connectivity index (χ3v) is 3.89. The van der Waals surface area contributed by atoms with Crippen molar-refractivity contribution in [3.8, 4) is 0 Å². The van der Waals surface area contributed by atoms with Gasteiger partial charge in [-0.05, 0) is 18.2 Å². The number of fused-ring (bicyclic) bond motifs is 1. The number of nitrogens with zero attached hydrogens (tertiary/aromatic N) is 2. The Morgan fingerprint density at radius 1 is 1.22 bits per heavy atom. The molecule has 2 heterocycles. The SMILES string of the molecule is O=C(O)c1ncsc1Nc1ccc2ncsc2c1. The number of carboxylic acid groups (broad SMARTS) is 1. The zero-order valence-corrected chi connectivity index (χ0v) is 10.6. The van der Waals surface area contributed by atoms with E-state index in [1.165, 1.54) is 16.8 Å². The number of aromatic carboxylic acids is 1. The second kappa shape index (κ2) is 4.35. The van der Waals surface area contributed by atoms with Gasteiger partial charge in [-0.2, -0.15) is 0 Å². The number of anilines is 2. The van der Waals surface area contributed by atoms with Crippen molar-refractivity contribution < 1.29 is 9.90 Å². The molecule has 0 saturated heterocycles. The maximum atomic E-state index is 10.9. The van der Waals surface area contributed by atoms with Gasteiger partial charge in [0.25, 0.3) is 0 Å². The Hall–Kier alpha value is -1.99. The summed E-state index contributed by atoms with van der Waals surface area (Å²) in [7, 11) is 0. The molecule has 1 aromatic carbocycles. The lowest BCUT2D eigenvalue weighted by atomic mass is 10.3. The van der Waals surface area contributed by atoms with E-state index in [9.17, 15) is 4.79 Å². The Bertz CT molecular complexity index is 720. The maximum absolute atomic E-state index is 10.9. The zero-order valence-electron chi connectivity index (χ0n) is 8.95. The van der Waals surface area contributed by atoms with Crippen LogP contribution in [0.25, 0.3) is 10.2 Å². The Kier molecular flexibility index (Phi) is 2.69.